The van der Waals surface area contributed by atoms with Gasteiger partial charge in [-0.3, -0.25) is 13.8 Å². The van der Waals surface area contributed by atoms with E-state index < -0.39 is 12.7 Å². The Bertz CT molecular complexity index is 293. The lowest BCUT2D eigenvalue weighted by Gasteiger charge is -2.25. The molecule has 0 amide bonds. The topological polar surface area (TPSA) is 44.8 Å². The maximum atomic E-state index is 11.7. The zero-order chi connectivity index (χ0) is 14.3. The molecule has 1 atom stereocenters. The number of hydrogen-bond donors (Lipinski definition) is 1. The SMILES string of the molecule is CCC(S)CC(=O)OP(=S)(OC(C)C)OC(C)C. The summed E-state index contributed by atoms with van der Waals surface area (Å²) in [6.07, 6.45) is 0.693. The van der Waals surface area contributed by atoms with Gasteiger partial charge in [0, 0.05) is 17.1 Å². The Morgan fingerprint density at radius 1 is 1.22 bits per heavy atom. The van der Waals surface area contributed by atoms with Crippen molar-refractivity contribution in [3.05, 3.63) is 0 Å². The Kier molecular flexibility index (Phi) is 8.72. The molecule has 0 aliphatic rings. The van der Waals surface area contributed by atoms with Gasteiger partial charge in [0.2, 0.25) is 0 Å². The summed E-state index contributed by atoms with van der Waals surface area (Å²) in [5.74, 6) is -0.415. The molecule has 0 N–H and O–H groups in total. The van der Waals surface area contributed by atoms with Gasteiger partial charge in [-0.2, -0.15) is 12.6 Å². The third-order valence-electron chi connectivity index (χ3n) is 1.77. The van der Waals surface area contributed by atoms with Gasteiger partial charge < -0.3 is 4.52 Å². The monoisotopic (exact) mass is 314 g/mol. The van der Waals surface area contributed by atoms with Crippen LogP contribution in [0.3, 0.4) is 0 Å². The van der Waals surface area contributed by atoms with Crippen molar-refractivity contribution in [1.29, 1.82) is 0 Å². The quantitative estimate of drug-likeness (QED) is 0.547. The highest BCUT2D eigenvalue weighted by Crippen LogP contribution is 2.52. The first-order valence-corrected chi connectivity index (χ1v) is 9.13. The first-order valence-electron chi connectivity index (χ1n) is 6.05. The fourth-order valence-corrected chi connectivity index (χ4v) is 4.01. The molecule has 0 saturated carbocycles. The first-order chi connectivity index (χ1) is 8.18. The van der Waals surface area contributed by atoms with E-state index in [1.807, 2.05) is 34.6 Å². The van der Waals surface area contributed by atoms with E-state index in [0.29, 0.717) is 0 Å². The summed E-state index contributed by atoms with van der Waals surface area (Å²) in [6.45, 7) is 6.25. The minimum Gasteiger partial charge on any atom is -0.391 e. The molecule has 0 heterocycles. The van der Waals surface area contributed by atoms with E-state index in [9.17, 15) is 4.79 Å². The summed E-state index contributed by atoms with van der Waals surface area (Å²) in [6, 6.07) is 0. The number of hydrogen-bond acceptors (Lipinski definition) is 6. The van der Waals surface area contributed by atoms with Crippen molar-refractivity contribution in [2.75, 3.05) is 0 Å². The summed E-state index contributed by atoms with van der Waals surface area (Å²) >= 11 is 9.47. The second-order valence-corrected chi connectivity index (χ2v) is 8.06. The van der Waals surface area contributed by atoms with E-state index in [-0.39, 0.29) is 23.9 Å². The lowest BCUT2D eigenvalue weighted by Crippen LogP contribution is -2.15. The molecule has 0 fully saturated rings. The van der Waals surface area contributed by atoms with Crippen LogP contribution in [-0.4, -0.2) is 23.4 Å². The Hall–Kier alpha value is 0.390. The van der Waals surface area contributed by atoms with Gasteiger partial charge in [0.15, 0.2) is 0 Å². The Labute approximate surface area is 120 Å². The molecular formula is C11H23O4PS2. The predicted octanol–water partition coefficient (Wildman–Crippen LogP) is 3.70. The van der Waals surface area contributed by atoms with Crippen LogP contribution < -0.4 is 0 Å². The average molecular weight is 314 g/mol. The molecule has 0 aromatic heterocycles. The van der Waals surface area contributed by atoms with Crippen LogP contribution in [0, 0.1) is 0 Å². The van der Waals surface area contributed by atoms with E-state index in [0.717, 1.165) is 6.42 Å². The van der Waals surface area contributed by atoms with Crippen LogP contribution in [-0.2, 0) is 30.2 Å². The molecule has 0 rings (SSSR count). The highest BCUT2D eigenvalue weighted by atomic mass is 32.5. The Morgan fingerprint density at radius 2 is 1.67 bits per heavy atom. The zero-order valence-electron chi connectivity index (χ0n) is 11.6. The molecule has 0 bridgehead atoms. The van der Waals surface area contributed by atoms with Gasteiger partial charge >= 0.3 is 12.7 Å². The van der Waals surface area contributed by atoms with Gasteiger partial charge in [0.25, 0.3) is 0 Å². The minimum atomic E-state index is -3.00. The van der Waals surface area contributed by atoms with Crippen molar-refractivity contribution < 1.29 is 18.4 Å². The number of thiol groups is 1. The van der Waals surface area contributed by atoms with Crippen molar-refractivity contribution >= 4 is 37.1 Å². The first kappa shape index (κ1) is 18.4. The summed E-state index contributed by atoms with van der Waals surface area (Å²) in [7, 11) is 0. The van der Waals surface area contributed by atoms with Gasteiger partial charge in [-0.1, -0.05) is 6.92 Å². The molecule has 0 aliphatic heterocycles. The maximum absolute atomic E-state index is 11.7. The van der Waals surface area contributed by atoms with Crippen molar-refractivity contribution in [2.24, 2.45) is 0 Å². The van der Waals surface area contributed by atoms with Gasteiger partial charge in [0.1, 0.15) is 0 Å². The van der Waals surface area contributed by atoms with Crippen molar-refractivity contribution in [3.63, 3.8) is 0 Å². The summed E-state index contributed by atoms with van der Waals surface area (Å²) < 4.78 is 16.2. The lowest BCUT2D eigenvalue weighted by molar-refractivity contribution is -0.135. The largest absolute Gasteiger partial charge is 0.391 e. The van der Waals surface area contributed by atoms with Crippen LogP contribution in [0.15, 0.2) is 0 Å². The highest BCUT2D eigenvalue weighted by Gasteiger charge is 2.28. The molecule has 0 saturated heterocycles. The van der Waals surface area contributed by atoms with E-state index in [1.54, 1.807) is 0 Å². The fourth-order valence-electron chi connectivity index (χ4n) is 1.08. The normalized spacial score (nSPS) is 14.0. The molecule has 0 radical (unpaired) electrons. The minimum absolute atomic E-state index is 0.0287. The number of carbonyl (C=O) groups is 1. The van der Waals surface area contributed by atoms with Crippen LogP contribution in [0.4, 0.5) is 0 Å². The van der Waals surface area contributed by atoms with Gasteiger partial charge in [-0.25, -0.2) is 0 Å². The maximum Gasteiger partial charge on any atom is 0.383 e. The Balaban J connectivity index is 4.58. The second-order valence-electron chi connectivity index (χ2n) is 4.49. The Morgan fingerprint density at radius 3 is 2.00 bits per heavy atom. The number of rotatable bonds is 8. The molecule has 0 aromatic rings. The zero-order valence-corrected chi connectivity index (χ0v) is 14.2. The molecule has 7 heteroatoms. The van der Waals surface area contributed by atoms with Crippen LogP contribution in [0.2, 0.25) is 0 Å². The van der Waals surface area contributed by atoms with Crippen LogP contribution in [0.25, 0.3) is 0 Å². The third kappa shape index (κ3) is 8.48. The standard InChI is InChI=1S/C11H23O4PS2/c1-6-10(17)7-11(12)15-16(18,13-8(2)3)14-9(4)5/h8-10,17H,6-7H2,1-5H3. The summed E-state index contributed by atoms with van der Waals surface area (Å²) in [4.78, 5) is 11.7. The van der Waals surface area contributed by atoms with Crippen molar-refractivity contribution in [1.82, 2.24) is 0 Å². The second kappa shape index (κ2) is 8.54. The van der Waals surface area contributed by atoms with Crippen molar-refractivity contribution in [2.45, 2.75) is 64.9 Å². The molecule has 108 valence electrons. The van der Waals surface area contributed by atoms with Crippen molar-refractivity contribution in [3.8, 4) is 0 Å². The van der Waals surface area contributed by atoms with Gasteiger partial charge in [-0.05, 0) is 34.1 Å². The predicted molar refractivity (Wildman–Crippen MR) is 80.5 cm³/mol. The van der Waals surface area contributed by atoms with Gasteiger partial charge in [-0.15, -0.1) is 0 Å². The molecule has 4 nitrogen and oxygen atoms in total. The third-order valence-corrected chi connectivity index (χ3v) is 4.84. The number of carbonyl (C=O) groups excluding carboxylic acids is 1. The van der Waals surface area contributed by atoms with Crippen LogP contribution >= 0.6 is 19.3 Å². The molecule has 0 spiro atoms. The molecule has 0 aliphatic carbocycles. The molecule has 1 unspecified atom stereocenters. The average Bonchev–Trinajstić information content (AvgIpc) is 2.12. The molecular weight excluding hydrogens is 291 g/mol. The van der Waals surface area contributed by atoms with Crippen LogP contribution in [0.1, 0.15) is 47.5 Å². The molecule has 0 aromatic carbocycles. The van der Waals surface area contributed by atoms with E-state index in [1.165, 1.54) is 0 Å². The van der Waals surface area contributed by atoms with E-state index >= 15 is 0 Å². The fraction of sp³-hybridized carbons (Fsp3) is 0.909. The summed E-state index contributed by atoms with van der Waals surface area (Å²) in [5, 5.41) is -0.0287. The van der Waals surface area contributed by atoms with Gasteiger partial charge in [0.05, 0.1) is 18.6 Å². The van der Waals surface area contributed by atoms with Crippen LogP contribution in [0.5, 0.6) is 0 Å². The lowest BCUT2D eigenvalue weighted by atomic mass is 10.2. The van der Waals surface area contributed by atoms with E-state index in [4.69, 9.17) is 25.4 Å². The van der Waals surface area contributed by atoms with E-state index in [2.05, 4.69) is 12.6 Å². The summed E-state index contributed by atoms with van der Waals surface area (Å²) in [5.41, 5.74) is 0. The molecule has 18 heavy (non-hydrogen) atoms. The smallest absolute Gasteiger partial charge is 0.383 e. The highest BCUT2D eigenvalue weighted by molar-refractivity contribution is 8.07.